The van der Waals surface area contributed by atoms with Gasteiger partial charge in [-0.05, 0) is 37.8 Å². The number of nitrogens with two attached hydrogens (primary N) is 1. The van der Waals surface area contributed by atoms with Gasteiger partial charge in [-0.25, -0.2) is 0 Å². The third kappa shape index (κ3) is 6.48. The summed E-state index contributed by atoms with van der Waals surface area (Å²) in [6, 6.07) is 10.1. The van der Waals surface area contributed by atoms with Crippen LogP contribution in [-0.4, -0.2) is 18.2 Å². The van der Waals surface area contributed by atoms with E-state index in [-0.39, 0.29) is 0 Å². The molecule has 24 heavy (non-hydrogen) atoms. The summed E-state index contributed by atoms with van der Waals surface area (Å²) in [5.41, 5.74) is 9.08. The van der Waals surface area contributed by atoms with Gasteiger partial charge in [0.05, 0.1) is 5.52 Å². The maximum Gasteiger partial charge on any atom is 0.0725 e. The van der Waals surface area contributed by atoms with Gasteiger partial charge in [0.15, 0.2) is 0 Å². The van der Waals surface area contributed by atoms with E-state index in [4.69, 9.17) is 15.5 Å². The predicted molar refractivity (Wildman–Crippen MR) is 103 cm³/mol. The normalized spacial score (nSPS) is 11.2. The number of rotatable bonds is 12. The molecule has 3 heteroatoms. The number of nitrogens with zero attached hydrogens (tertiary/aromatic N) is 1. The molecular formula is C21H32N2O. The first-order valence-corrected chi connectivity index (χ1v) is 9.53. The Kier molecular flexibility index (Phi) is 8.61. The molecule has 2 N–H and O–H groups in total. The molecule has 1 aromatic heterocycles. The second-order valence-electron chi connectivity index (χ2n) is 6.56. The summed E-state index contributed by atoms with van der Waals surface area (Å²) in [7, 11) is 0. The molecule has 3 nitrogen and oxygen atoms in total. The molecule has 2 rings (SSSR count). The van der Waals surface area contributed by atoms with Crippen LogP contribution in [0.1, 0.15) is 64.0 Å². The summed E-state index contributed by atoms with van der Waals surface area (Å²) >= 11 is 0. The van der Waals surface area contributed by atoms with E-state index in [1.807, 2.05) is 30.3 Å². The molecule has 0 saturated carbocycles. The van der Waals surface area contributed by atoms with Crippen molar-refractivity contribution in [3.63, 3.8) is 0 Å². The molecule has 0 fully saturated rings. The highest BCUT2D eigenvalue weighted by atomic mass is 16.5. The molecule has 0 unspecified atom stereocenters. The van der Waals surface area contributed by atoms with Gasteiger partial charge >= 0.3 is 0 Å². The Morgan fingerprint density at radius 1 is 0.917 bits per heavy atom. The molecule has 0 radical (unpaired) electrons. The van der Waals surface area contributed by atoms with Crippen LogP contribution in [-0.2, 0) is 11.2 Å². The number of nitrogen functional groups attached to an aromatic ring is 1. The lowest BCUT2D eigenvalue weighted by atomic mass is 10.1. The fourth-order valence-electron chi connectivity index (χ4n) is 2.98. The number of benzene rings is 1. The topological polar surface area (TPSA) is 48.1 Å². The number of pyridine rings is 1. The Labute approximate surface area is 146 Å². The molecule has 1 heterocycles. The van der Waals surface area contributed by atoms with Crippen molar-refractivity contribution >= 4 is 16.6 Å². The largest absolute Gasteiger partial charge is 0.398 e. The minimum atomic E-state index is 0.840. The molecule has 0 aliphatic rings. The highest BCUT2D eigenvalue weighted by Gasteiger charge is 2.03. The number of ether oxygens (including phenoxy) is 1. The van der Waals surface area contributed by atoms with Crippen LogP contribution in [0.15, 0.2) is 30.3 Å². The monoisotopic (exact) mass is 328 g/mol. The lowest BCUT2D eigenvalue weighted by Gasteiger charge is -2.07. The zero-order chi connectivity index (χ0) is 17.0. The Bertz CT molecular complexity index is 597. The van der Waals surface area contributed by atoms with Crippen molar-refractivity contribution in [2.45, 2.75) is 64.7 Å². The highest BCUT2D eigenvalue weighted by molar-refractivity contribution is 5.90. The van der Waals surface area contributed by atoms with E-state index < -0.39 is 0 Å². The van der Waals surface area contributed by atoms with Crippen LogP contribution in [0.5, 0.6) is 0 Å². The lowest BCUT2D eigenvalue weighted by molar-refractivity contribution is 0.126. The number of anilines is 1. The average molecular weight is 328 g/mol. The van der Waals surface area contributed by atoms with Crippen LogP contribution in [0.3, 0.4) is 0 Å². The first-order chi connectivity index (χ1) is 11.8. The summed E-state index contributed by atoms with van der Waals surface area (Å²) in [5, 5.41) is 1.05. The van der Waals surface area contributed by atoms with Gasteiger partial charge in [0.25, 0.3) is 0 Å². The van der Waals surface area contributed by atoms with E-state index in [9.17, 15) is 0 Å². The van der Waals surface area contributed by atoms with Gasteiger partial charge in [0.1, 0.15) is 0 Å². The van der Waals surface area contributed by atoms with Crippen molar-refractivity contribution in [2.75, 3.05) is 18.9 Å². The van der Waals surface area contributed by atoms with Gasteiger partial charge in [-0.1, -0.05) is 57.2 Å². The maximum absolute atomic E-state index is 6.13. The van der Waals surface area contributed by atoms with E-state index in [0.29, 0.717) is 0 Å². The van der Waals surface area contributed by atoms with Crippen molar-refractivity contribution in [1.82, 2.24) is 4.98 Å². The van der Waals surface area contributed by atoms with Crippen LogP contribution < -0.4 is 5.73 Å². The summed E-state index contributed by atoms with van der Waals surface area (Å²) in [5.74, 6) is 0. The molecule has 0 aliphatic heterocycles. The van der Waals surface area contributed by atoms with Gasteiger partial charge in [-0.3, -0.25) is 4.98 Å². The van der Waals surface area contributed by atoms with E-state index in [0.717, 1.165) is 41.9 Å². The number of aryl methyl sites for hydroxylation is 1. The average Bonchev–Trinajstić information content (AvgIpc) is 2.60. The highest BCUT2D eigenvalue weighted by Crippen LogP contribution is 2.21. The van der Waals surface area contributed by atoms with Crippen LogP contribution >= 0.6 is 0 Å². The van der Waals surface area contributed by atoms with Crippen molar-refractivity contribution in [2.24, 2.45) is 0 Å². The second kappa shape index (κ2) is 11.0. The molecule has 0 atom stereocenters. The summed E-state index contributed by atoms with van der Waals surface area (Å²) < 4.78 is 5.68. The van der Waals surface area contributed by atoms with Crippen LogP contribution in [0, 0.1) is 0 Å². The fraction of sp³-hybridized carbons (Fsp3) is 0.571. The molecule has 2 aromatic rings. The minimum absolute atomic E-state index is 0.840. The van der Waals surface area contributed by atoms with E-state index in [2.05, 4.69) is 6.92 Å². The quantitative estimate of drug-likeness (QED) is 0.522. The standard InChI is InChI=1S/C21H32N2O/c1-2-3-4-10-15-24-16-11-6-5-7-12-18-17-20(22)19-13-8-9-14-21(19)23-18/h8-9,13-14,17H,2-7,10-12,15-16H2,1H3,(H2,22,23). The lowest BCUT2D eigenvalue weighted by Crippen LogP contribution is -1.98. The van der Waals surface area contributed by atoms with Crippen LogP contribution in [0.4, 0.5) is 5.69 Å². The van der Waals surface area contributed by atoms with E-state index >= 15 is 0 Å². The number of hydrogen-bond acceptors (Lipinski definition) is 3. The zero-order valence-corrected chi connectivity index (χ0v) is 15.1. The Balaban J connectivity index is 1.56. The molecular weight excluding hydrogens is 296 g/mol. The van der Waals surface area contributed by atoms with Crippen molar-refractivity contribution in [3.05, 3.63) is 36.0 Å². The zero-order valence-electron chi connectivity index (χ0n) is 15.1. The Morgan fingerprint density at radius 3 is 2.42 bits per heavy atom. The predicted octanol–water partition coefficient (Wildman–Crippen LogP) is 5.52. The molecule has 1 aromatic carbocycles. The van der Waals surface area contributed by atoms with Gasteiger partial charge in [-0.15, -0.1) is 0 Å². The van der Waals surface area contributed by atoms with Crippen molar-refractivity contribution in [1.29, 1.82) is 0 Å². The van der Waals surface area contributed by atoms with Gasteiger partial charge in [-0.2, -0.15) is 0 Å². The van der Waals surface area contributed by atoms with Crippen LogP contribution in [0.2, 0.25) is 0 Å². The second-order valence-corrected chi connectivity index (χ2v) is 6.56. The summed E-state index contributed by atoms with van der Waals surface area (Å²) in [4.78, 5) is 4.71. The SMILES string of the molecule is CCCCCCOCCCCCCc1cc(N)c2ccccc2n1. The molecule has 0 amide bonds. The van der Waals surface area contributed by atoms with E-state index in [1.54, 1.807) is 0 Å². The Morgan fingerprint density at radius 2 is 1.62 bits per heavy atom. The van der Waals surface area contributed by atoms with Crippen molar-refractivity contribution < 1.29 is 4.74 Å². The first kappa shape index (κ1) is 18.7. The number of aromatic nitrogens is 1. The third-order valence-electron chi connectivity index (χ3n) is 4.42. The Hall–Kier alpha value is -1.61. The molecule has 0 spiro atoms. The molecule has 132 valence electrons. The molecule has 0 bridgehead atoms. The molecule has 0 aliphatic carbocycles. The van der Waals surface area contributed by atoms with Gasteiger partial charge in [0.2, 0.25) is 0 Å². The van der Waals surface area contributed by atoms with Crippen LogP contribution in [0.25, 0.3) is 10.9 Å². The maximum atomic E-state index is 6.13. The smallest absolute Gasteiger partial charge is 0.0725 e. The minimum Gasteiger partial charge on any atom is -0.398 e. The number of hydrogen-bond donors (Lipinski definition) is 1. The molecule has 0 saturated heterocycles. The fourth-order valence-corrected chi connectivity index (χ4v) is 2.98. The van der Waals surface area contributed by atoms with E-state index in [1.165, 1.54) is 51.4 Å². The van der Waals surface area contributed by atoms with Gasteiger partial charge in [0, 0.05) is 30.0 Å². The summed E-state index contributed by atoms with van der Waals surface area (Å²) in [6.07, 6.45) is 10.9. The number of para-hydroxylation sites is 1. The number of fused-ring (bicyclic) bond motifs is 1. The van der Waals surface area contributed by atoms with Crippen molar-refractivity contribution in [3.8, 4) is 0 Å². The first-order valence-electron chi connectivity index (χ1n) is 9.53. The number of unbranched alkanes of at least 4 members (excludes halogenated alkanes) is 6. The third-order valence-corrected chi connectivity index (χ3v) is 4.42. The van der Waals surface area contributed by atoms with Gasteiger partial charge < -0.3 is 10.5 Å². The summed E-state index contributed by atoms with van der Waals surface area (Å²) in [6.45, 7) is 4.08.